The number of hydrogen-bond donors (Lipinski definition) is 3. The maximum Gasteiger partial charge on any atom is 0.258 e. The van der Waals surface area contributed by atoms with Gasteiger partial charge in [-0.3, -0.25) is 4.79 Å². The Hall–Kier alpha value is -3.10. The molecule has 8 nitrogen and oxygen atoms in total. The van der Waals surface area contributed by atoms with E-state index in [9.17, 15) is 4.79 Å². The normalized spacial score (nSPS) is 19.0. The Bertz CT molecular complexity index is 883. The highest BCUT2D eigenvalue weighted by Gasteiger charge is 2.30. The van der Waals surface area contributed by atoms with E-state index in [1.54, 1.807) is 27.4 Å². The Labute approximate surface area is 170 Å². The third-order valence-electron chi connectivity index (χ3n) is 4.87. The number of nitrogens with one attached hydrogen (secondary N) is 3. The predicted molar refractivity (Wildman–Crippen MR) is 110 cm³/mol. The van der Waals surface area contributed by atoms with E-state index in [0.717, 1.165) is 16.9 Å². The molecule has 1 saturated heterocycles. The Morgan fingerprint density at radius 1 is 1.00 bits per heavy atom. The molecule has 2 aromatic carbocycles. The van der Waals surface area contributed by atoms with Crippen LogP contribution in [0.15, 0.2) is 47.6 Å². The number of amides is 1. The average molecular weight is 398 g/mol. The first-order chi connectivity index (χ1) is 14.0. The average Bonchev–Trinajstić information content (AvgIpc) is 3.27. The van der Waals surface area contributed by atoms with Gasteiger partial charge in [0.1, 0.15) is 11.8 Å². The summed E-state index contributed by atoms with van der Waals surface area (Å²) in [6, 6.07) is 12.9. The van der Waals surface area contributed by atoms with Gasteiger partial charge in [-0.1, -0.05) is 12.1 Å². The van der Waals surface area contributed by atoms with Crippen molar-refractivity contribution in [3.05, 3.63) is 53.6 Å². The van der Waals surface area contributed by atoms with Crippen LogP contribution < -0.4 is 30.5 Å². The molecule has 1 heterocycles. The minimum atomic E-state index is -0.385. The van der Waals surface area contributed by atoms with Crippen molar-refractivity contribution in [3.8, 4) is 17.2 Å². The summed E-state index contributed by atoms with van der Waals surface area (Å²) < 4.78 is 15.7. The summed E-state index contributed by atoms with van der Waals surface area (Å²) in [6.07, 6.45) is 0.614. The van der Waals surface area contributed by atoms with E-state index < -0.39 is 0 Å². The van der Waals surface area contributed by atoms with Crippen molar-refractivity contribution in [1.29, 1.82) is 0 Å². The molecule has 1 aliphatic heterocycles. The van der Waals surface area contributed by atoms with Crippen molar-refractivity contribution in [2.24, 2.45) is 5.10 Å². The number of ether oxygens (including phenoxy) is 3. The number of methoxy groups -OCH3 is 3. The minimum Gasteiger partial charge on any atom is -0.497 e. The Balaban J connectivity index is 1.60. The molecule has 0 aromatic heterocycles. The Morgan fingerprint density at radius 2 is 1.72 bits per heavy atom. The lowest BCUT2D eigenvalue weighted by Crippen LogP contribution is -2.41. The molecule has 3 rings (SSSR count). The van der Waals surface area contributed by atoms with Crippen LogP contribution >= 0.6 is 0 Å². The van der Waals surface area contributed by atoms with Gasteiger partial charge >= 0.3 is 0 Å². The van der Waals surface area contributed by atoms with E-state index in [2.05, 4.69) is 21.4 Å². The molecule has 1 amide bonds. The molecule has 29 heavy (non-hydrogen) atoms. The molecular weight excluding hydrogens is 372 g/mol. The molecule has 3 N–H and O–H groups in total. The van der Waals surface area contributed by atoms with Crippen molar-refractivity contribution in [1.82, 2.24) is 16.3 Å². The van der Waals surface area contributed by atoms with E-state index in [0.29, 0.717) is 23.6 Å². The number of hydrazone groups is 1. The van der Waals surface area contributed by atoms with Crippen LogP contribution in [0.3, 0.4) is 0 Å². The summed E-state index contributed by atoms with van der Waals surface area (Å²) in [5, 5.41) is 4.23. The van der Waals surface area contributed by atoms with E-state index in [4.69, 9.17) is 14.2 Å². The first-order valence-corrected chi connectivity index (χ1v) is 9.27. The fraction of sp³-hybridized carbons (Fsp3) is 0.333. The summed E-state index contributed by atoms with van der Waals surface area (Å²) in [7, 11) is 4.80. The highest BCUT2D eigenvalue weighted by Crippen LogP contribution is 2.28. The molecule has 154 valence electrons. The van der Waals surface area contributed by atoms with Crippen LogP contribution in [0, 0.1) is 0 Å². The topological polar surface area (TPSA) is 93.2 Å². The van der Waals surface area contributed by atoms with Crippen molar-refractivity contribution in [2.75, 3.05) is 21.3 Å². The molecule has 0 saturated carbocycles. The van der Waals surface area contributed by atoms with Crippen LogP contribution in [0.1, 0.15) is 30.5 Å². The SMILES string of the molecule is COc1ccc(C2CC(C(=O)N/N=C(\C)c3ccc(OC)c(OC)c3)NN2)cc1. The number of nitrogens with zero attached hydrogens (tertiary/aromatic N) is 1. The lowest BCUT2D eigenvalue weighted by Gasteiger charge is -2.11. The van der Waals surface area contributed by atoms with Gasteiger partial charge in [0.05, 0.1) is 27.0 Å². The molecule has 2 atom stereocenters. The van der Waals surface area contributed by atoms with Gasteiger partial charge in [-0.15, -0.1) is 0 Å². The molecule has 8 heteroatoms. The quantitative estimate of drug-likeness (QED) is 0.489. The number of hydrogen-bond acceptors (Lipinski definition) is 7. The van der Waals surface area contributed by atoms with Crippen LogP contribution in [-0.4, -0.2) is 39.0 Å². The smallest absolute Gasteiger partial charge is 0.258 e. The second-order valence-electron chi connectivity index (χ2n) is 6.65. The van der Waals surface area contributed by atoms with Gasteiger partial charge in [0, 0.05) is 11.6 Å². The number of rotatable bonds is 7. The number of carbonyl (C=O) groups excluding carboxylic acids is 1. The molecule has 0 aliphatic carbocycles. The van der Waals surface area contributed by atoms with Gasteiger partial charge < -0.3 is 14.2 Å². The van der Waals surface area contributed by atoms with Gasteiger partial charge in [-0.2, -0.15) is 5.10 Å². The minimum absolute atomic E-state index is 0.0348. The maximum atomic E-state index is 12.5. The zero-order valence-electron chi connectivity index (χ0n) is 17.0. The van der Waals surface area contributed by atoms with Crippen molar-refractivity contribution in [3.63, 3.8) is 0 Å². The summed E-state index contributed by atoms with van der Waals surface area (Å²) in [5.74, 6) is 1.84. The Kier molecular flexibility index (Phi) is 6.69. The molecule has 1 fully saturated rings. The van der Waals surface area contributed by atoms with Gasteiger partial charge in [-0.05, 0) is 49.2 Å². The van der Waals surface area contributed by atoms with Gasteiger partial charge in [0.15, 0.2) is 11.5 Å². The van der Waals surface area contributed by atoms with Crippen molar-refractivity contribution in [2.45, 2.75) is 25.4 Å². The monoisotopic (exact) mass is 398 g/mol. The fourth-order valence-electron chi connectivity index (χ4n) is 3.13. The maximum absolute atomic E-state index is 12.5. The number of benzene rings is 2. The van der Waals surface area contributed by atoms with E-state index in [-0.39, 0.29) is 18.0 Å². The molecule has 1 aliphatic rings. The number of hydrazine groups is 1. The lowest BCUT2D eigenvalue weighted by atomic mass is 10.0. The van der Waals surface area contributed by atoms with Gasteiger partial charge in [-0.25, -0.2) is 16.3 Å². The molecular formula is C21H26N4O4. The second kappa shape index (κ2) is 9.40. The van der Waals surface area contributed by atoms with E-state index in [1.807, 2.05) is 43.3 Å². The molecule has 0 radical (unpaired) electrons. The zero-order chi connectivity index (χ0) is 20.8. The number of carbonyl (C=O) groups is 1. The van der Waals surface area contributed by atoms with E-state index >= 15 is 0 Å². The first kappa shape index (κ1) is 20.6. The summed E-state index contributed by atoms with van der Waals surface area (Å²) >= 11 is 0. The Morgan fingerprint density at radius 3 is 2.38 bits per heavy atom. The van der Waals surface area contributed by atoms with Crippen LogP contribution in [0.4, 0.5) is 0 Å². The molecule has 2 unspecified atom stereocenters. The third kappa shape index (κ3) is 4.85. The zero-order valence-corrected chi connectivity index (χ0v) is 17.0. The van der Waals surface area contributed by atoms with Crippen molar-refractivity contribution >= 4 is 11.6 Å². The third-order valence-corrected chi connectivity index (χ3v) is 4.87. The summed E-state index contributed by atoms with van der Waals surface area (Å²) in [6.45, 7) is 1.82. The van der Waals surface area contributed by atoms with Crippen LogP contribution in [0.25, 0.3) is 0 Å². The van der Waals surface area contributed by atoms with Crippen LogP contribution in [-0.2, 0) is 4.79 Å². The van der Waals surface area contributed by atoms with Crippen molar-refractivity contribution < 1.29 is 19.0 Å². The van der Waals surface area contributed by atoms with Crippen LogP contribution in [0.5, 0.6) is 17.2 Å². The first-order valence-electron chi connectivity index (χ1n) is 9.27. The lowest BCUT2D eigenvalue weighted by molar-refractivity contribution is -0.122. The van der Waals surface area contributed by atoms with Gasteiger partial charge in [0.2, 0.25) is 0 Å². The second-order valence-corrected chi connectivity index (χ2v) is 6.65. The van der Waals surface area contributed by atoms with Crippen LogP contribution in [0.2, 0.25) is 0 Å². The van der Waals surface area contributed by atoms with E-state index in [1.165, 1.54) is 0 Å². The molecule has 2 aromatic rings. The summed E-state index contributed by atoms with van der Waals surface area (Å²) in [4.78, 5) is 12.5. The fourth-order valence-corrected chi connectivity index (χ4v) is 3.13. The predicted octanol–water partition coefficient (Wildman–Crippen LogP) is 2.16. The molecule has 0 spiro atoms. The largest absolute Gasteiger partial charge is 0.497 e. The highest BCUT2D eigenvalue weighted by atomic mass is 16.5. The summed E-state index contributed by atoms with van der Waals surface area (Å²) in [5.41, 5.74) is 11.4. The van der Waals surface area contributed by atoms with Gasteiger partial charge in [0.25, 0.3) is 5.91 Å². The molecule has 0 bridgehead atoms. The standard InChI is InChI=1S/C21H26N4O4/c1-13(15-7-10-19(28-3)20(11-15)29-4)22-25-21(26)18-12-17(23-24-18)14-5-8-16(27-2)9-6-14/h5-11,17-18,23-24H,12H2,1-4H3,(H,25,26)/b22-13+. The highest BCUT2D eigenvalue weighted by molar-refractivity contribution is 6.00.